The summed E-state index contributed by atoms with van der Waals surface area (Å²) in [5.41, 5.74) is 5.93. The van der Waals surface area contributed by atoms with Gasteiger partial charge in [0.2, 0.25) is 17.0 Å². The maximum Gasteiger partial charge on any atom is 0.220 e. The summed E-state index contributed by atoms with van der Waals surface area (Å²) in [6.45, 7) is 4.74. The number of rotatable bonds is 15. The summed E-state index contributed by atoms with van der Waals surface area (Å²) in [6.07, 6.45) is 2.10. The first kappa shape index (κ1) is 35.2. The maximum atomic E-state index is 12.4. The summed E-state index contributed by atoms with van der Waals surface area (Å²) < 4.78 is 14.8. The number of carbonyl (C=O) groups excluding carboxylic acids is 2. The number of ether oxygens (including phenoxy) is 2. The molecular weight excluding hydrogens is 629 g/mol. The minimum absolute atomic E-state index is 0.00891. The lowest BCUT2D eigenvalue weighted by Gasteiger charge is -2.41. The summed E-state index contributed by atoms with van der Waals surface area (Å²) in [7, 11) is 1.82. The summed E-state index contributed by atoms with van der Waals surface area (Å²) in [5, 5.41) is 27.9. The number of nitrogens with zero attached hydrogens (tertiary/aromatic N) is 4. The summed E-state index contributed by atoms with van der Waals surface area (Å²) in [5.74, 6) is 0.702. The number of tetrazole rings is 1. The molecule has 5 rings (SSSR count). The molecule has 0 radical (unpaired) electrons. The van der Waals surface area contributed by atoms with Crippen LogP contribution in [0.5, 0.6) is 0 Å². The van der Waals surface area contributed by atoms with E-state index in [1.165, 1.54) is 6.92 Å². The number of benzene rings is 3. The predicted octanol–water partition coefficient (Wildman–Crippen LogP) is 5.27. The van der Waals surface area contributed by atoms with Crippen LogP contribution in [0.1, 0.15) is 74.2 Å². The highest BCUT2D eigenvalue weighted by molar-refractivity contribution is 7.99. The Morgan fingerprint density at radius 1 is 0.917 bits per heavy atom. The van der Waals surface area contributed by atoms with Gasteiger partial charge < -0.3 is 25.2 Å². The molecule has 0 saturated carbocycles. The molecule has 2 heterocycles. The topological polar surface area (TPSA) is 140 Å². The second-order valence-corrected chi connectivity index (χ2v) is 13.1. The van der Waals surface area contributed by atoms with Crippen molar-refractivity contribution in [3.05, 3.63) is 95.1 Å². The molecule has 3 aromatic carbocycles. The summed E-state index contributed by atoms with van der Waals surface area (Å²) >= 11 is 1.55. The molecular formula is C36H44N6O5S. The van der Waals surface area contributed by atoms with Gasteiger partial charge in [-0.05, 0) is 57.2 Å². The molecule has 1 fully saturated rings. The second kappa shape index (κ2) is 17.3. The van der Waals surface area contributed by atoms with E-state index >= 15 is 0 Å². The van der Waals surface area contributed by atoms with Crippen LogP contribution in [0.2, 0.25) is 0 Å². The Hall–Kier alpha value is -4.10. The first-order valence-corrected chi connectivity index (χ1v) is 17.4. The summed E-state index contributed by atoms with van der Waals surface area (Å²) in [6, 6.07) is 24.3. The number of carbonyl (C=O) groups is 2. The van der Waals surface area contributed by atoms with Crippen LogP contribution in [0.4, 0.5) is 0 Å². The molecule has 4 atom stereocenters. The first-order valence-electron chi connectivity index (χ1n) is 16.4. The standard InChI is InChI=1S/C36H44N6O5S/c1-24-32(23-48-36-39-40-41-42(36)3)46-35(47-34(24)29-13-11-26(22-43)12-14-29)30-17-15-28(16-18-30)31-9-7-8-27(20-31)21-38-33(45)10-5-4-6-19-37-25(2)44/h7-9,11-18,20,24,32,34-35,43H,4-6,10,19,21-23H2,1-3H3,(H,37,44)(H,38,45). The van der Waals surface area contributed by atoms with E-state index in [0.29, 0.717) is 25.3 Å². The minimum Gasteiger partial charge on any atom is -0.392 e. The molecule has 48 heavy (non-hydrogen) atoms. The van der Waals surface area contributed by atoms with Crippen molar-refractivity contribution in [3.8, 4) is 11.1 Å². The number of hydrogen-bond acceptors (Lipinski definition) is 9. The lowest BCUT2D eigenvalue weighted by molar-refractivity contribution is -0.268. The fraction of sp³-hybridized carbons (Fsp3) is 0.417. The van der Waals surface area contributed by atoms with Crippen molar-refractivity contribution >= 4 is 23.6 Å². The van der Waals surface area contributed by atoms with Gasteiger partial charge in [-0.3, -0.25) is 9.59 Å². The zero-order valence-corrected chi connectivity index (χ0v) is 28.5. The maximum absolute atomic E-state index is 12.4. The number of aromatic nitrogens is 4. The third-order valence-electron chi connectivity index (χ3n) is 8.47. The molecule has 1 aromatic heterocycles. The third-order valence-corrected chi connectivity index (χ3v) is 9.57. The number of aliphatic hydroxyl groups is 1. The van der Waals surface area contributed by atoms with Gasteiger partial charge in [-0.25, -0.2) is 4.68 Å². The minimum atomic E-state index is -0.576. The molecule has 1 saturated heterocycles. The Balaban J connectivity index is 1.22. The zero-order chi connectivity index (χ0) is 33.9. The van der Waals surface area contributed by atoms with E-state index in [1.807, 2.05) is 55.6 Å². The Kier molecular flexibility index (Phi) is 12.7. The van der Waals surface area contributed by atoms with Crippen LogP contribution in [-0.4, -0.2) is 55.5 Å². The van der Waals surface area contributed by atoms with Crippen LogP contribution in [0.15, 0.2) is 78.0 Å². The molecule has 254 valence electrons. The van der Waals surface area contributed by atoms with Crippen LogP contribution in [-0.2, 0) is 39.3 Å². The van der Waals surface area contributed by atoms with Gasteiger partial charge in [0, 0.05) is 50.7 Å². The second-order valence-electron chi connectivity index (χ2n) is 12.1. The fourth-order valence-corrected chi connectivity index (χ4v) is 6.66. The highest BCUT2D eigenvalue weighted by Gasteiger charge is 2.38. The van der Waals surface area contributed by atoms with Crippen LogP contribution < -0.4 is 10.6 Å². The van der Waals surface area contributed by atoms with E-state index in [9.17, 15) is 14.7 Å². The Morgan fingerprint density at radius 2 is 1.69 bits per heavy atom. The number of aryl methyl sites for hydroxylation is 1. The van der Waals surface area contributed by atoms with E-state index in [4.69, 9.17) is 9.47 Å². The van der Waals surface area contributed by atoms with Crippen molar-refractivity contribution in [2.45, 2.75) is 76.3 Å². The molecule has 1 aliphatic rings. The molecule has 2 amide bonds. The molecule has 0 aliphatic carbocycles. The van der Waals surface area contributed by atoms with E-state index in [2.05, 4.69) is 57.3 Å². The number of aliphatic hydroxyl groups excluding tert-OH is 1. The van der Waals surface area contributed by atoms with Gasteiger partial charge in [-0.15, -0.1) is 5.10 Å². The van der Waals surface area contributed by atoms with E-state index in [1.54, 1.807) is 16.4 Å². The Morgan fingerprint density at radius 3 is 2.40 bits per heavy atom. The van der Waals surface area contributed by atoms with Crippen molar-refractivity contribution in [3.63, 3.8) is 0 Å². The molecule has 0 bridgehead atoms. The van der Waals surface area contributed by atoms with Crippen LogP contribution >= 0.6 is 11.8 Å². The lowest BCUT2D eigenvalue weighted by Crippen LogP contribution is -2.38. The average molecular weight is 673 g/mol. The van der Waals surface area contributed by atoms with Gasteiger partial charge >= 0.3 is 0 Å². The first-order chi connectivity index (χ1) is 23.3. The van der Waals surface area contributed by atoms with Crippen molar-refractivity contribution in [1.82, 2.24) is 30.8 Å². The summed E-state index contributed by atoms with van der Waals surface area (Å²) in [4.78, 5) is 23.3. The molecule has 3 N–H and O–H groups in total. The van der Waals surface area contributed by atoms with Gasteiger partial charge in [0.25, 0.3) is 0 Å². The number of amides is 2. The van der Waals surface area contributed by atoms with E-state index in [0.717, 1.165) is 57.8 Å². The van der Waals surface area contributed by atoms with E-state index < -0.39 is 6.29 Å². The number of unbranched alkanes of at least 4 members (excludes halogenated alkanes) is 2. The van der Waals surface area contributed by atoms with Gasteiger partial charge in [-0.2, -0.15) is 0 Å². The highest BCUT2D eigenvalue weighted by Crippen LogP contribution is 2.43. The van der Waals surface area contributed by atoms with Crippen molar-refractivity contribution in [2.75, 3.05) is 12.3 Å². The van der Waals surface area contributed by atoms with Gasteiger partial charge in [-0.1, -0.05) is 91.8 Å². The fourth-order valence-electron chi connectivity index (χ4n) is 5.64. The van der Waals surface area contributed by atoms with Crippen LogP contribution in [0.3, 0.4) is 0 Å². The predicted molar refractivity (Wildman–Crippen MR) is 183 cm³/mol. The normalized spacial score (nSPS) is 19.2. The van der Waals surface area contributed by atoms with Crippen molar-refractivity contribution < 1.29 is 24.2 Å². The van der Waals surface area contributed by atoms with Gasteiger partial charge in [0.15, 0.2) is 6.29 Å². The smallest absolute Gasteiger partial charge is 0.220 e. The molecule has 11 nitrogen and oxygen atoms in total. The van der Waals surface area contributed by atoms with E-state index in [-0.39, 0.29) is 36.5 Å². The molecule has 1 aliphatic heterocycles. The quantitative estimate of drug-likeness (QED) is 0.114. The van der Waals surface area contributed by atoms with Crippen molar-refractivity contribution in [1.29, 1.82) is 0 Å². The largest absolute Gasteiger partial charge is 0.392 e. The monoisotopic (exact) mass is 672 g/mol. The molecule has 0 spiro atoms. The highest BCUT2D eigenvalue weighted by atomic mass is 32.2. The van der Waals surface area contributed by atoms with Gasteiger partial charge in [0.1, 0.15) is 0 Å². The molecule has 4 aromatic rings. The molecule has 4 unspecified atom stereocenters. The van der Waals surface area contributed by atoms with Gasteiger partial charge in [0.05, 0.1) is 18.8 Å². The number of nitrogens with one attached hydrogen (secondary N) is 2. The SMILES string of the molecule is CC(=O)NCCCCCC(=O)NCc1cccc(-c2ccc(C3OC(CSc4nnnn4C)C(C)C(c4ccc(CO)cc4)O3)cc2)c1. The Labute approximate surface area is 285 Å². The van der Waals surface area contributed by atoms with Crippen LogP contribution in [0, 0.1) is 5.92 Å². The zero-order valence-electron chi connectivity index (χ0n) is 27.7. The Bertz CT molecular complexity index is 1630. The number of hydrogen-bond donors (Lipinski definition) is 3. The molecule has 12 heteroatoms. The van der Waals surface area contributed by atoms with Crippen molar-refractivity contribution in [2.24, 2.45) is 13.0 Å². The number of thioether (sulfide) groups is 1. The van der Waals surface area contributed by atoms with Crippen LogP contribution in [0.25, 0.3) is 11.1 Å². The third kappa shape index (κ3) is 9.72. The lowest BCUT2D eigenvalue weighted by atomic mass is 9.91. The average Bonchev–Trinajstić information content (AvgIpc) is 3.52.